The number of hydrogen-bond donors (Lipinski definition) is 1. The fourth-order valence-corrected chi connectivity index (χ4v) is 1.66. The van der Waals surface area contributed by atoms with Gasteiger partial charge in [0, 0.05) is 20.6 Å². The standard InChI is InChI=1S/C14H23N3O2.HI/c1-6-15-14(17(2)3)16-10-11-7-8-12(18-4)13(9-11)19-5;/h7-9H,6,10H2,1-5H3,(H,15,16);1H. The summed E-state index contributed by atoms with van der Waals surface area (Å²) in [5.74, 6) is 2.33. The highest BCUT2D eigenvalue weighted by Gasteiger charge is 2.05. The van der Waals surface area contributed by atoms with E-state index in [0.29, 0.717) is 6.54 Å². The van der Waals surface area contributed by atoms with Crippen LogP contribution in [0.15, 0.2) is 23.2 Å². The van der Waals surface area contributed by atoms with Crippen LogP contribution in [0.25, 0.3) is 0 Å². The smallest absolute Gasteiger partial charge is 0.193 e. The van der Waals surface area contributed by atoms with Gasteiger partial charge in [0.1, 0.15) is 0 Å². The molecule has 20 heavy (non-hydrogen) atoms. The molecule has 0 heterocycles. The number of methoxy groups -OCH3 is 2. The summed E-state index contributed by atoms with van der Waals surface area (Å²) >= 11 is 0. The molecule has 114 valence electrons. The van der Waals surface area contributed by atoms with Crippen LogP contribution >= 0.6 is 24.0 Å². The molecular formula is C14H24IN3O2. The number of hydrogen-bond acceptors (Lipinski definition) is 3. The number of benzene rings is 1. The summed E-state index contributed by atoms with van der Waals surface area (Å²) in [5.41, 5.74) is 1.08. The molecule has 0 aliphatic carbocycles. The van der Waals surface area contributed by atoms with Gasteiger partial charge in [0.25, 0.3) is 0 Å². The van der Waals surface area contributed by atoms with Gasteiger partial charge in [0.05, 0.1) is 20.8 Å². The van der Waals surface area contributed by atoms with Gasteiger partial charge in [0.2, 0.25) is 0 Å². The fraction of sp³-hybridized carbons (Fsp3) is 0.500. The molecule has 0 spiro atoms. The molecule has 1 aromatic carbocycles. The number of guanidine groups is 1. The van der Waals surface area contributed by atoms with Crippen LogP contribution in [0.2, 0.25) is 0 Å². The zero-order valence-electron chi connectivity index (χ0n) is 12.8. The molecule has 0 aliphatic rings. The predicted molar refractivity (Wildman–Crippen MR) is 93.5 cm³/mol. The van der Waals surface area contributed by atoms with Gasteiger partial charge in [-0.2, -0.15) is 0 Å². The van der Waals surface area contributed by atoms with Gasteiger partial charge in [-0.05, 0) is 24.6 Å². The van der Waals surface area contributed by atoms with E-state index in [0.717, 1.165) is 29.6 Å². The van der Waals surface area contributed by atoms with Crippen LogP contribution in [-0.4, -0.2) is 45.7 Å². The van der Waals surface area contributed by atoms with Crippen molar-refractivity contribution < 1.29 is 9.47 Å². The van der Waals surface area contributed by atoms with Crippen LogP contribution in [0.3, 0.4) is 0 Å². The highest BCUT2D eigenvalue weighted by molar-refractivity contribution is 14.0. The molecule has 0 radical (unpaired) electrons. The first-order valence-corrected chi connectivity index (χ1v) is 6.28. The summed E-state index contributed by atoms with van der Waals surface area (Å²) in [7, 11) is 7.20. The van der Waals surface area contributed by atoms with Gasteiger partial charge in [-0.3, -0.25) is 0 Å². The van der Waals surface area contributed by atoms with E-state index in [1.54, 1.807) is 14.2 Å². The van der Waals surface area contributed by atoms with Crippen molar-refractivity contribution in [3.8, 4) is 11.5 Å². The Bertz CT molecular complexity index is 436. The first-order valence-electron chi connectivity index (χ1n) is 6.28. The Morgan fingerprint density at radius 2 is 1.85 bits per heavy atom. The molecule has 0 aliphatic heterocycles. The van der Waals surface area contributed by atoms with E-state index in [1.165, 1.54) is 0 Å². The summed E-state index contributed by atoms with van der Waals surface area (Å²) < 4.78 is 10.5. The number of nitrogens with zero attached hydrogens (tertiary/aromatic N) is 2. The van der Waals surface area contributed by atoms with Gasteiger partial charge in [-0.25, -0.2) is 4.99 Å². The quantitative estimate of drug-likeness (QED) is 0.474. The number of aliphatic imine (C=N–C) groups is 1. The molecule has 0 bridgehead atoms. The topological polar surface area (TPSA) is 46.1 Å². The predicted octanol–water partition coefficient (Wildman–Crippen LogP) is 2.35. The lowest BCUT2D eigenvalue weighted by Crippen LogP contribution is -2.36. The van der Waals surface area contributed by atoms with Crippen LogP contribution in [0, 0.1) is 0 Å². The molecule has 6 heteroatoms. The van der Waals surface area contributed by atoms with Crippen LogP contribution in [0.5, 0.6) is 11.5 Å². The SMILES string of the molecule is CCNC(=NCc1ccc(OC)c(OC)c1)N(C)C.I. The molecule has 0 saturated heterocycles. The second-order valence-electron chi connectivity index (χ2n) is 4.25. The molecule has 0 aromatic heterocycles. The molecule has 0 atom stereocenters. The summed E-state index contributed by atoms with van der Waals surface area (Å²) in [6, 6.07) is 5.83. The third kappa shape index (κ3) is 5.44. The lowest BCUT2D eigenvalue weighted by Gasteiger charge is -2.16. The van der Waals surface area contributed by atoms with E-state index in [2.05, 4.69) is 17.2 Å². The van der Waals surface area contributed by atoms with Crippen LogP contribution in [0.1, 0.15) is 12.5 Å². The Hall–Kier alpha value is -1.18. The average molecular weight is 393 g/mol. The highest BCUT2D eigenvalue weighted by atomic mass is 127. The zero-order chi connectivity index (χ0) is 14.3. The van der Waals surface area contributed by atoms with E-state index in [4.69, 9.17) is 9.47 Å². The molecule has 5 nitrogen and oxygen atoms in total. The largest absolute Gasteiger partial charge is 0.493 e. The highest BCUT2D eigenvalue weighted by Crippen LogP contribution is 2.27. The van der Waals surface area contributed by atoms with Gasteiger partial charge in [-0.15, -0.1) is 24.0 Å². The summed E-state index contributed by atoms with van der Waals surface area (Å²) in [6.07, 6.45) is 0. The second-order valence-corrected chi connectivity index (χ2v) is 4.25. The normalized spacial score (nSPS) is 10.6. The van der Waals surface area contributed by atoms with Crippen molar-refractivity contribution in [3.05, 3.63) is 23.8 Å². The molecule has 1 rings (SSSR count). The molecule has 1 N–H and O–H groups in total. The maximum absolute atomic E-state index is 5.28. The Balaban J connectivity index is 0.00000361. The lowest BCUT2D eigenvalue weighted by atomic mass is 10.2. The fourth-order valence-electron chi connectivity index (χ4n) is 1.66. The molecular weight excluding hydrogens is 369 g/mol. The Kier molecular flexibility index (Phi) is 9.11. The first kappa shape index (κ1) is 18.8. The van der Waals surface area contributed by atoms with Crippen molar-refractivity contribution >= 4 is 29.9 Å². The minimum absolute atomic E-state index is 0. The number of halogens is 1. The van der Waals surface area contributed by atoms with Crippen LogP contribution in [-0.2, 0) is 6.54 Å². The van der Waals surface area contributed by atoms with Gasteiger partial charge in [0.15, 0.2) is 17.5 Å². The number of rotatable bonds is 5. The van der Waals surface area contributed by atoms with Crippen LogP contribution in [0.4, 0.5) is 0 Å². The van der Waals surface area contributed by atoms with Gasteiger partial charge in [-0.1, -0.05) is 6.07 Å². The summed E-state index contributed by atoms with van der Waals surface area (Å²) in [4.78, 5) is 6.51. The van der Waals surface area contributed by atoms with E-state index in [-0.39, 0.29) is 24.0 Å². The third-order valence-electron chi connectivity index (χ3n) is 2.62. The first-order chi connectivity index (χ1) is 9.12. The average Bonchev–Trinajstić information content (AvgIpc) is 2.42. The van der Waals surface area contributed by atoms with E-state index in [9.17, 15) is 0 Å². The van der Waals surface area contributed by atoms with Crippen molar-refractivity contribution in [2.45, 2.75) is 13.5 Å². The van der Waals surface area contributed by atoms with E-state index < -0.39 is 0 Å². The third-order valence-corrected chi connectivity index (χ3v) is 2.62. The zero-order valence-corrected chi connectivity index (χ0v) is 15.1. The molecule has 0 fully saturated rings. The van der Waals surface area contributed by atoms with Crippen molar-refractivity contribution in [2.75, 3.05) is 34.9 Å². The second kappa shape index (κ2) is 9.68. The van der Waals surface area contributed by atoms with Crippen molar-refractivity contribution in [1.82, 2.24) is 10.2 Å². The maximum atomic E-state index is 5.28. The number of nitrogens with one attached hydrogen (secondary N) is 1. The minimum Gasteiger partial charge on any atom is -0.493 e. The molecule has 1 aromatic rings. The molecule has 0 saturated carbocycles. The van der Waals surface area contributed by atoms with Gasteiger partial charge >= 0.3 is 0 Å². The van der Waals surface area contributed by atoms with E-state index in [1.807, 2.05) is 37.2 Å². The summed E-state index contributed by atoms with van der Waals surface area (Å²) in [5, 5.41) is 3.22. The Morgan fingerprint density at radius 1 is 1.20 bits per heavy atom. The van der Waals surface area contributed by atoms with E-state index >= 15 is 0 Å². The Morgan fingerprint density at radius 3 is 2.35 bits per heavy atom. The van der Waals surface area contributed by atoms with Crippen molar-refractivity contribution in [3.63, 3.8) is 0 Å². The maximum Gasteiger partial charge on any atom is 0.193 e. The Labute approximate surface area is 138 Å². The molecule has 0 amide bonds. The number of ether oxygens (including phenoxy) is 2. The van der Waals surface area contributed by atoms with Crippen LogP contribution < -0.4 is 14.8 Å². The monoisotopic (exact) mass is 393 g/mol. The van der Waals surface area contributed by atoms with Crippen molar-refractivity contribution in [1.29, 1.82) is 0 Å². The summed E-state index contributed by atoms with van der Waals surface area (Å²) in [6.45, 7) is 3.50. The molecule has 0 unspecified atom stereocenters. The van der Waals surface area contributed by atoms with Gasteiger partial charge < -0.3 is 19.7 Å². The minimum atomic E-state index is 0. The van der Waals surface area contributed by atoms with Crippen molar-refractivity contribution in [2.24, 2.45) is 4.99 Å². The lowest BCUT2D eigenvalue weighted by molar-refractivity contribution is 0.354.